The molecule has 126 valence electrons. The van der Waals surface area contributed by atoms with Gasteiger partial charge in [0, 0.05) is 35.4 Å². The van der Waals surface area contributed by atoms with Crippen LogP contribution in [0.4, 0.5) is 4.39 Å². The van der Waals surface area contributed by atoms with E-state index in [1.807, 2.05) is 17.9 Å². The Morgan fingerprint density at radius 2 is 2.17 bits per heavy atom. The van der Waals surface area contributed by atoms with Crippen molar-refractivity contribution in [3.05, 3.63) is 47.5 Å². The minimum Gasteiger partial charge on any atom is -0.273 e. The first-order valence-electron chi connectivity index (χ1n) is 7.88. The summed E-state index contributed by atoms with van der Waals surface area (Å²) in [5.74, 6) is 0.254. The summed E-state index contributed by atoms with van der Waals surface area (Å²) in [6, 6.07) is 6.26. The van der Waals surface area contributed by atoms with Crippen LogP contribution in [0.25, 0.3) is 0 Å². The Morgan fingerprint density at radius 1 is 1.38 bits per heavy atom. The molecule has 1 N–H and O–H groups in total. The van der Waals surface area contributed by atoms with Crippen molar-refractivity contribution < 1.29 is 9.18 Å². The smallest absolute Gasteiger partial charge is 0.240 e. The number of carbonyl (C=O) groups excluding carboxylic acids is 1. The number of hydrazone groups is 1. The van der Waals surface area contributed by atoms with Gasteiger partial charge in [-0.3, -0.25) is 9.48 Å². The zero-order valence-corrected chi connectivity index (χ0v) is 14.3. The van der Waals surface area contributed by atoms with Gasteiger partial charge in [0.05, 0.1) is 11.9 Å². The van der Waals surface area contributed by atoms with E-state index in [0.717, 1.165) is 35.4 Å². The third-order valence-corrected chi connectivity index (χ3v) is 4.94. The predicted octanol–water partition coefficient (Wildman–Crippen LogP) is 2.90. The fourth-order valence-electron chi connectivity index (χ4n) is 2.65. The van der Waals surface area contributed by atoms with Gasteiger partial charge in [-0.15, -0.1) is 11.8 Å². The Labute approximate surface area is 144 Å². The molecule has 1 aliphatic carbocycles. The number of fused-ring (bicyclic) bond motifs is 1. The van der Waals surface area contributed by atoms with Crippen LogP contribution in [0.15, 0.2) is 40.5 Å². The van der Waals surface area contributed by atoms with Gasteiger partial charge in [0.15, 0.2) is 0 Å². The van der Waals surface area contributed by atoms with Gasteiger partial charge in [-0.1, -0.05) is 0 Å². The summed E-state index contributed by atoms with van der Waals surface area (Å²) >= 11 is 1.52. The van der Waals surface area contributed by atoms with Crippen molar-refractivity contribution in [2.45, 2.75) is 30.6 Å². The van der Waals surface area contributed by atoms with Crippen LogP contribution in [0.2, 0.25) is 0 Å². The van der Waals surface area contributed by atoms with Gasteiger partial charge in [0.1, 0.15) is 5.82 Å². The number of rotatable bonds is 5. The molecule has 0 aliphatic heterocycles. The van der Waals surface area contributed by atoms with Crippen molar-refractivity contribution >= 4 is 23.4 Å². The lowest BCUT2D eigenvalue weighted by atomic mass is 9.96. The fraction of sp³-hybridized carbons (Fsp3) is 0.353. The molecule has 1 aliphatic rings. The quantitative estimate of drug-likeness (QED) is 0.669. The first-order valence-corrected chi connectivity index (χ1v) is 8.87. The maximum Gasteiger partial charge on any atom is 0.240 e. The molecule has 5 nitrogen and oxygen atoms in total. The highest BCUT2D eigenvalue weighted by Gasteiger charge is 2.19. The van der Waals surface area contributed by atoms with E-state index < -0.39 is 0 Å². The van der Waals surface area contributed by atoms with Gasteiger partial charge in [0.2, 0.25) is 5.91 Å². The zero-order chi connectivity index (χ0) is 16.9. The summed E-state index contributed by atoms with van der Waals surface area (Å²) in [6.45, 7) is 0. The molecule has 0 atom stereocenters. The predicted molar refractivity (Wildman–Crippen MR) is 92.6 cm³/mol. The standard InChI is InChI=1S/C17H19FN4OS/c1-22-16-4-2-3-15(14(16)11-19-22)20-21-17(23)9-10-24-13-7-5-12(18)6-8-13/h5-8,11H,2-4,9-10H2,1H3,(H,21,23)/b20-15-. The highest BCUT2D eigenvalue weighted by atomic mass is 32.2. The molecule has 1 aromatic heterocycles. The molecule has 2 aromatic rings. The van der Waals surface area contributed by atoms with Crippen LogP contribution in [0.5, 0.6) is 0 Å². The number of aromatic nitrogens is 2. The van der Waals surface area contributed by atoms with Gasteiger partial charge in [0.25, 0.3) is 0 Å². The lowest BCUT2D eigenvalue weighted by molar-refractivity contribution is -0.120. The maximum atomic E-state index is 12.8. The van der Waals surface area contributed by atoms with Crippen LogP contribution in [0.3, 0.4) is 0 Å². The van der Waals surface area contributed by atoms with Gasteiger partial charge in [-0.25, -0.2) is 9.82 Å². The average molecular weight is 346 g/mol. The van der Waals surface area contributed by atoms with E-state index in [4.69, 9.17) is 0 Å². The Morgan fingerprint density at radius 3 is 2.96 bits per heavy atom. The topological polar surface area (TPSA) is 59.3 Å². The molecule has 0 fully saturated rings. The molecular weight excluding hydrogens is 327 g/mol. The number of benzene rings is 1. The lowest BCUT2D eigenvalue weighted by Crippen LogP contribution is -2.22. The number of aryl methyl sites for hydroxylation is 1. The summed E-state index contributed by atoms with van der Waals surface area (Å²) in [4.78, 5) is 12.9. The monoisotopic (exact) mass is 346 g/mol. The van der Waals surface area contributed by atoms with E-state index in [0.29, 0.717) is 12.2 Å². The first-order chi connectivity index (χ1) is 11.6. The molecule has 1 heterocycles. The van der Waals surface area contributed by atoms with Crippen molar-refractivity contribution in [1.29, 1.82) is 0 Å². The largest absolute Gasteiger partial charge is 0.273 e. The summed E-state index contributed by atoms with van der Waals surface area (Å²) < 4.78 is 14.7. The van der Waals surface area contributed by atoms with Crippen LogP contribution < -0.4 is 5.43 Å². The number of halogens is 1. The molecule has 0 saturated heterocycles. The summed E-state index contributed by atoms with van der Waals surface area (Å²) in [6.07, 6.45) is 5.03. The molecule has 0 radical (unpaired) electrons. The molecule has 1 aromatic carbocycles. The molecule has 3 rings (SSSR count). The van der Waals surface area contributed by atoms with Crippen molar-refractivity contribution in [2.24, 2.45) is 12.1 Å². The Hall–Kier alpha value is -2.15. The van der Waals surface area contributed by atoms with Gasteiger partial charge in [-0.2, -0.15) is 10.2 Å². The van der Waals surface area contributed by atoms with Crippen molar-refractivity contribution in [3.8, 4) is 0 Å². The molecule has 0 bridgehead atoms. The van der Waals surface area contributed by atoms with Gasteiger partial charge in [-0.05, 0) is 43.5 Å². The van der Waals surface area contributed by atoms with E-state index in [-0.39, 0.29) is 11.7 Å². The average Bonchev–Trinajstić information content (AvgIpc) is 2.97. The molecule has 7 heteroatoms. The normalized spacial score (nSPS) is 15.3. The highest BCUT2D eigenvalue weighted by molar-refractivity contribution is 7.99. The van der Waals surface area contributed by atoms with E-state index >= 15 is 0 Å². The number of hydrogen-bond donors (Lipinski definition) is 1. The molecule has 1 amide bonds. The van der Waals surface area contributed by atoms with E-state index in [9.17, 15) is 9.18 Å². The number of hydrogen-bond acceptors (Lipinski definition) is 4. The van der Waals surface area contributed by atoms with Crippen molar-refractivity contribution in [2.75, 3.05) is 5.75 Å². The molecule has 0 saturated carbocycles. The Balaban J connectivity index is 1.50. The minimum absolute atomic E-state index is 0.117. The number of nitrogens with zero attached hydrogens (tertiary/aromatic N) is 3. The maximum absolute atomic E-state index is 12.8. The summed E-state index contributed by atoms with van der Waals surface area (Å²) in [5, 5.41) is 8.54. The lowest BCUT2D eigenvalue weighted by Gasteiger charge is -2.14. The Bertz CT molecular complexity index is 754. The van der Waals surface area contributed by atoms with Crippen LogP contribution in [0.1, 0.15) is 30.5 Å². The molecule has 0 unspecified atom stereocenters. The Kier molecular flexibility index (Phi) is 5.30. The second kappa shape index (κ2) is 7.61. The van der Waals surface area contributed by atoms with Crippen LogP contribution in [0, 0.1) is 5.82 Å². The molecular formula is C17H19FN4OS. The third kappa shape index (κ3) is 4.03. The zero-order valence-electron chi connectivity index (χ0n) is 13.5. The van der Waals surface area contributed by atoms with Crippen LogP contribution >= 0.6 is 11.8 Å². The first kappa shape index (κ1) is 16.7. The number of carbonyl (C=O) groups is 1. The van der Waals surface area contributed by atoms with Crippen molar-refractivity contribution in [3.63, 3.8) is 0 Å². The fourth-order valence-corrected chi connectivity index (χ4v) is 3.50. The van der Waals surface area contributed by atoms with Crippen molar-refractivity contribution in [1.82, 2.24) is 15.2 Å². The second-order valence-corrected chi connectivity index (χ2v) is 6.80. The molecule has 0 spiro atoms. The minimum atomic E-state index is -0.254. The molecule has 24 heavy (non-hydrogen) atoms. The van der Waals surface area contributed by atoms with E-state index in [1.54, 1.807) is 12.1 Å². The third-order valence-electron chi connectivity index (χ3n) is 3.93. The SMILES string of the molecule is Cn1ncc2c1CCC/C2=N/NC(=O)CCSc1ccc(F)cc1. The highest BCUT2D eigenvalue weighted by Crippen LogP contribution is 2.21. The van der Waals surface area contributed by atoms with E-state index in [1.165, 1.54) is 29.6 Å². The van der Waals surface area contributed by atoms with Crippen LogP contribution in [-0.2, 0) is 18.3 Å². The van der Waals surface area contributed by atoms with Crippen LogP contribution in [-0.4, -0.2) is 27.2 Å². The number of nitrogens with one attached hydrogen (secondary N) is 1. The number of amides is 1. The van der Waals surface area contributed by atoms with Gasteiger partial charge >= 0.3 is 0 Å². The van der Waals surface area contributed by atoms with E-state index in [2.05, 4.69) is 15.6 Å². The number of thioether (sulfide) groups is 1. The van der Waals surface area contributed by atoms with Gasteiger partial charge < -0.3 is 0 Å². The second-order valence-electron chi connectivity index (χ2n) is 5.63. The summed E-state index contributed by atoms with van der Waals surface area (Å²) in [7, 11) is 1.92. The summed E-state index contributed by atoms with van der Waals surface area (Å²) in [5.41, 5.74) is 5.73.